The second-order valence-corrected chi connectivity index (χ2v) is 8.73. The first-order valence-electron chi connectivity index (χ1n) is 11.8. The highest BCUT2D eigenvalue weighted by Gasteiger charge is 2.31. The van der Waals surface area contributed by atoms with Crippen LogP contribution in [0.4, 0.5) is 8.78 Å². The summed E-state index contributed by atoms with van der Waals surface area (Å²) in [5.74, 6) is -2.74. The fourth-order valence-corrected chi connectivity index (χ4v) is 4.86. The van der Waals surface area contributed by atoms with Gasteiger partial charge in [0.15, 0.2) is 17.3 Å². The lowest BCUT2D eigenvalue weighted by Crippen LogP contribution is -2.41. The van der Waals surface area contributed by atoms with Crippen LogP contribution in [0.5, 0.6) is 0 Å². The predicted molar refractivity (Wildman–Crippen MR) is 122 cm³/mol. The van der Waals surface area contributed by atoms with E-state index in [1.54, 1.807) is 16.7 Å². The smallest absolute Gasteiger partial charge is 0.272 e. The van der Waals surface area contributed by atoms with Crippen molar-refractivity contribution < 1.29 is 23.1 Å². The molecule has 2 aliphatic rings. The summed E-state index contributed by atoms with van der Waals surface area (Å²) in [6.07, 6.45) is 2.67. The van der Waals surface area contributed by atoms with E-state index >= 15 is 0 Å². The summed E-state index contributed by atoms with van der Waals surface area (Å²) >= 11 is 0. The van der Waals surface area contributed by atoms with Gasteiger partial charge in [-0.1, -0.05) is 6.92 Å². The van der Waals surface area contributed by atoms with Crippen molar-refractivity contribution >= 4 is 11.8 Å². The number of benzene rings is 1. The van der Waals surface area contributed by atoms with Crippen LogP contribution in [0.1, 0.15) is 51.9 Å². The molecule has 0 bridgehead atoms. The molecular weight excluding hydrogens is 444 g/mol. The third-order valence-electron chi connectivity index (χ3n) is 6.71. The fourth-order valence-electron chi connectivity index (χ4n) is 4.86. The number of halogens is 2. The Morgan fingerprint density at radius 3 is 2.79 bits per heavy atom. The molecule has 1 unspecified atom stereocenters. The Balaban J connectivity index is 1.54. The van der Waals surface area contributed by atoms with E-state index in [0.717, 1.165) is 43.8 Å². The number of hydrogen-bond donors (Lipinski definition) is 1. The van der Waals surface area contributed by atoms with Gasteiger partial charge in [0.2, 0.25) is 0 Å². The molecule has 0 saturated carbocycles. The Bertz CT molecular complexity index is 1060. The zero-order chi connectivity index (χ0) is 24.2. The Hall–Kier alpha value is -2.85. The SMILES string of the molecule is CCN1CCCC1CNC(=O)c1nn(CCOC)c2c1CN(C(=O)c1ccc(F)c(F)c1)CC2. The van der Waals surface area contributed by atoms with Gasteiger partial charge in [-0.05, 0) is 44.1 Å². The highest BCUT2D eigenvalue weighted by atomic mass is 19.2. The van der Waals surface area contributed by atoms with Crippen molar-refractivity contribution in [1.29, 1.82) is 0 Å². The van der Waals surface area contributed by atoms with Crippen molar-refractivity contribution in [2.45, 2.75) is 45.3 Å². The number of likely N-dealkylation sites (tertiary alicyclic amines) is 1. The molecule has 1 aromatic heterocycles. The zero-order valence-electron chi connectivity index (χ0n) is 19.6. The average molecular weight is 476 g/mol. The van der Waals surface area contributed by atoms with E-state index in [-0.39, 0.29) is 18.0 Å². The number of likely N-dealkylation sites (N-methyl/N-ethyl adjacent to an activating group) is 1. The standard InChI is InChI=1S/C24H31F2N5O3/c1-3-29-9-4-5-17(29)14-27-23(32)22-18-15-30(10-8-21(18)31(28-22)11-12-34-2)24(33)16-6-7-19(25)20(26)13-16/h6-7,13,17H,3-5,8-12,14-15H2,1-2H3,(H,27,32). The molecule has 4 rings (SSSR count). The van der Waals surface area contributed by atoms with Gasteiger partial charge in [0.05, 0.1) is 19.7 Å². The first-order valence-corrected chi connectivity index (χ1v) is 11.8. The van der Waals surface area contributed by atoms with Crippen molar-refractivity contribution in [3.8, 4) is 0 Å². The predicted octanol–water partition coefficient (Wildman–Crippen LogP) is 2.22. The van der Waals surface area contributed by atoms with Gasteiger partial charge in [-0.2, -0.15) is 5.10 Å². The molecule has 1 N–H and O–H groups in total. The molecule has 2 aliphatic heterocycles. The zero-order valence-corrected chi connectivity index (χ0v) is 19.6. The van der Waals surface area contributed by atoms with Crippen molar-refractivity contribution in [3.63, 3.8) is 0 Å². The number of fused-ring (bicyclic) bond motifs is 1. The number of nitrogens with zero attached hydrogens (tertiary/aromatic N) is 4. The Kier molecular flexibility index (Phi) is 7.57. The number of amides is 2. The maximum atomic E-state index is 13.7. The lowest BCUT2D eigenvalue weighted by Gasteiger charge is -2.28. The minimum Gasteiger partial charge on any atom is -0.383 e. The number of carbonyl (C=O) groups excluding carboxylic acids is 2. The van der Waals surface area contributed by atoms with Crippen LogP contribution < -0.4 is 5.32 Å². The van der Waals surface area contributed by atoms with Crippen LogP contribution in [0.2, 0.25) is 0 Å². The van der Waals surface area contributed by atoms with Gasteiger partial charge >= 0.3 is 0 Å². The number of nitrogens with one attached hydrogen (secondary N) is 1. The minimum atomic E-state index is -1.07. The maximum absolute atomic E-state index is 13.7. The number of hydrogen-bond acceptors (Lipinski definition) is 5. The van der Waals surface area contributed by atoms with Crippen molar-refractivity contribution in [1.82, 2.24) is 24.9 Å². The molecule has 184 valence electrons. The average Bonchev–Trinajstić information content (AvgIpc) is 3.46. The van der Waals surface area contributed by atoms with Crippen molar-refractivity contribution in [2.75, 3.05) is 39.9 Å². The molecule has 1 fully saturated rings. The summed E-state index contributed by atoms with van der Waals surface area (Å²) in [5, 5.41) is 7.60. The van der Waals surface area contributed by atoms with E-state index in [1.807, 2.05) is 0 Å². The van der Waals surface area contributed by atoms with Gasteiger partial charge in [-0.3, -0.25) is 19.2 Å². The van der Waals surface area contributed by atoms with E-state index in [1.165, 1.54) is 6.07 Å². The lowest BCUT2D eigenvalue weighted by molar-refractivity contribution is 0.0729. The molecule has 3 heterocycles. The van der Waals surface area contributed by atoms with E-state index in [9.17, 15) is 18.4 Å². The van der Waals surface area contributed by atoms with Crippen molar-refractivity contribution in [3.05, 3.63) is 52.3 Å². The van der Waals surface area contributed by atoms with E-state index in [0.29, 0.717) is 50.0 Å². The molecule has 0 spiro atoms. The second-order valence-electron chi connectivity index (χ2n) is 8.73. The normalized spacial score (nSPS) is 18.2. The van der Waals surface area contributed by atoms with Gasteiger partial charge in [-0.15, -0.1) is 0 Å². The quantitative estimate of drug-likeness (QED) is 0.634. The molecule has 0 radical (unpaired) electrons. The first kappa shape index (κ1) is 24.3. The summed E-state index contributed by atoms with van der Waals surface area (Å²) in [6.45, 7) is 6.15. The van der Waals surface area contributed by atoms with Crippen molar-refractivity contribution in [2.24, 2.45) is 0 Å². The minimum absolute atomic E-state index is 0.0704. The summed E-state index contributed by atoms with van der Waals surface area (Å²) < 4.78 is 34.0. The molecular formula is C24H31F2N5O3. The van der Waals surface area contributed by atoms with Crippen LogP contribution in [-0.2, 0) is 24.2 Å². The Morgan fingerprint density at radius 2 is 2.06 bits per heavy atom. The molecule has 2 aromatic rings. The van der Waals surface area contributed by atoms with Gasteiger partial charge in [0.1, 0.15) is 0 Å². The van der Waals surface area contributed by atoms with Crippen LogP contribution in [0, 0.1) is 11.6 Å². The maximum Gasteiger partial charge on any atom is 0.272 e. The van der Waals surface area contributed by atoms with E-state index in [2.05, 4.69) is 22.2 Å². The van der Waals surface area contributed by atoms with Gasteiger partial charge in [0, 0.05) is 49.5 Å². The number of aromatic nitrogens is 2. The van der Waals surface area contributed by atoms with E-state index in [4.69, 9.17) is 4.74 Å². The van der Waals surface area contributed by atoms with Crippen LogP contribution in [0.15, 0.2) is 18.2 Å². The van der Waals surface area contributed by atoms with Crippen LogP contribution in [0.3, 0.4) is 0 Å². The Morgan fingerprint density at radius 1 is 1.24 bits per heavy atom. The molecule has 0 aliphatic carbocycles. The van der Waals surface area contributed by atoms with Gasteiger partial charge in [-0.25, -0.2) is 8.78 Å². The molecule has 1 aromatic carbocycles. The fraction of sp³-hybridized carbons (Fsp3) is 0.542. The third-order valence-corrected chi connectivity index (χ3v) is 6.71. The summed E-state index contributed by atoms with van der Waals surface area (Å²) in [7, 11) is 1.60. The second kappa shape index (κ2) is 10.6. The molecule has 1 saturated heterocycles. The number of methoxy groups -OCH3 is 1. The number of rotatable bonds is 8. The largest absolute Gasteiger partial charge is 0.383 e. The topological polar surface area (TPSA) is 79.7 Å². The first-order chi connectivity index (χ1) is 16.4. The lowest BCUT2D eigenvalue weighted by atomic mass is 10.0. The molecule has 10 heteroatoms. The monoisotopic (exact) mass is 475 g/mol. The highest BCUT2D eigenvalue weighted by Crippen LogP contribution is 2.25. The molecule has 34 heavy (non-hydrogen) atoms. The van der Waals surface area contributed by atoms with Crippen LogP contribution in [0.25, 0.3) is 0 Å². The summed E-state index contributed by atoms with van der Waals surface area (Å²) in [5.41, 5.74) is 1.96. The van der Waals surface area contributed by atoms with Gasteiger partial charge < -0.3 is 15.0 Å². The molecule has 1 atom stereocenters. The summed E-state index contributed by atoms with van der Waals surface area (Å²) in [4.78, 5) is 30.0. The number of carbonyl (C=O) groups is 2. The van der Waals surface area contributed by atoms with Gasteiger partial charge in [0.25, 0.3) is 11.8 Å². The molecule has 2 amide bonds. The molecule has 8 nitrogen and oxygen atoms in total. The Labute approximate surface area is 197 Å². The third kappa shape index (κ3) is 4.97. The summed E-state index contributed by atoms with van der Waals surface area (Å²) in [6, 6.07) is 3.44. The van der Waals surface area contributed by atoms with Crippen LogP contribution >= 0.6 is 0 Å². The highest BCUT2D eigenvalue weighted by molar-refractivity contribution is 5.96. The number of ether oxygens (including phenoxy) is 1. The van der Waals surface area contributed by atoms with Crippen LogP contribution in [-0.4, -0.2) is 77.3 Å². The van der Waals surface area contributed by atoms with E-state index < -0.39 is 17.5 Å².